The monoisotopic (exact) mass is 281 g/mol. The predicted octanol–water partition coefficient (Wildman–Crippen LogP) is 1.52. The lowest BCUT2D eigenvalue weighted by Gasteiger charge is -2.24. The second-order valence-corrected chi connectivity index (χ2v) is 6.08. The minimum atomic E-state index is -0.330. The van der Waals surface area contributed by atoms with E-state index >= 15 is 0 Å². The lowest BCUT2D eigenvalue weighted by molar-refractivity contribution is -0.132. The largest absolute Gasteiger partial charge is 0.340 e. The van der Waals surface area contributed by atoms with Gasteiger partial charge < -0.3 is 10.6 Å². The number of carbonyl (C=O) groups is 1. The van der Waals surface area contributed by atoms with Gasteiger partial charge in [0, 0.05) is 37.6 Å². The smallest absolute Gasteiger partial charge is 0.239 e. The minimum Gasteiger partial charge on any atom is -0.340 e. The quantitative estimate of drug-likeness (QED) is 0.910. The molecule has 19 heavy (non-hydrogen) atoms. The van der Waals surface area contributed by atoms with Crippen LogP contribution in [0.25, 0.3) is 0 Å². The van der Waals surface area contributed by atoms with Crippen molar-refractivity contribution in [2.24, 2.45) is 5.73 Å². The van der Waals surface area contributed by atoms with Crippen LogP contribution in [0.15, 0.2) is 17.5 Å². The Labute approximate surface area is 119 Å². The molecule has 1 saturated heterocycles. The van der Waals surface area contributed by atoms with Crippen LogP contribution in [-0.2, 0) is 11.3 Å². The van der Waals surface area contributed by atoms with Crippen LogP contribution in [0, 0.1) is 0 Å². The van der Waals surface area contributed by atoms with Crippen LogP contribution in [-0.4, -0.2) is 47.9 Å². The van der Waals surface area contributed by atoms with Crippen LogP contribution >= 0.6 is 11.3 Å². The summed E-state index contributed by atoms with van der Waals surface area (Å²) in [6.45, 7) is 6.61. The third-order valence-electron chi connectivity index (χ3n) is 3.62. The molecule has 0 aliphatic carbocycles. The number of thiophene rings is 1. The maximum absolute atomic E-state index is 12.1. The molecular weight excluding hydrogens is 258 g/mol. The first-order valence-electron chi connectivity index (χ1n) is 6.99. The summed E-state index contributed by atoms with van der Waals surface area (Å²) in [4.78, 5) is 17.8. The highest BCUT2D eigenvalue weighted by Gasteiger charge is 2.22. The van der Waals surface area contributed by atoms with Crippen molar-refractivity contribution in [3.8, 4) is 0 Å². The fourth-order valence-corrected chi connectivity index (χ4v) is 3.13. The number of carbonyl (C=O) groups excluding carboxylic acids is 1. The van der Waals surface area contributed by atoms with Crippen LogP contribution in [0.4, 0.5) is 0 Å². The molecule has 1 aliphatic rings. The maximum atomic E-state index is 12.1. The maximum Gasteiger partial charge on any atom is 0.239 e. The summed E-state index contributed by atoms with van der Waals surface area (Å²) in [5.74, 6) is 0.112. The first-order chi connectivity index (χ1) is 9.20. The van der Waals surface area contributed by atoms with Gasteiger partial charge in [-0.15, -0.1) is 11.3 Å². The molecule has 0 unspecified atom stereocenters. The molecule has 1 aromatic heterocycles. The van der Waals surface area contributed by atoms with E-state index in [9.17, 15) is 4.79 Å². The highest BCUT2D eigenvalue weighted by atomic mass is 32.1. The van der Waals surface area contributed by atoms with E-state index in [1.54, 1.807) is 11.3 Å². The Hall–Kier alpha value is -0.910. The van der Waals surface area contributed by atoms with Gasteiger partial charge >= 0.3 is 0 Å². The average Bonchev–Trinajstić information content (AvgIpc) is 2.82. The Bertz CT molecular complexity index is 393. The SMILES string of the molecule is CC[C@@H](N)C(=O)N1CCCN(Cc2cccs2)CC1. The van der Waals surface area contributed by atoms with Crippen LogP contribution < -0.4 is 5.73 Å². The number of rotatable bonds is 4. The average molecular weight is 281 g/mol. The normalized spacial score (nSPS) is 19.2. The standard InChI is InChI=1S/C14H23N3OS/c1-2-13(15)14(18)17-7-4-6-16(8-9-17)11-12-5-3-10-19-12/h3,5,10,13H,2,4,6-9,11,15H2,1H3/t13-/m1/s1. The molecule has 1 amide bonds. The Balaban J connectivity index is 1.86. The number of nitrogens with zero attached hydrogens (tertiary/aromatic N) is 2. The first-order valence-corrected chi connectivity index (χ1v) is 7.87. The van der Waals surface area contributed by atoms with Crippen LogP contribution in [0.5, 0.6) is 0 Å². The zero-order valence-corrected chi connectivity index (χ0v) is 12.4. The van der Waals surface area contributed by atoms with Crippen molar-refractivity contribution in [1.82, 2.24) is 9.80 Å². The molecule has 1 aromatic rings. The molecule has 0 aromatic carbocycles. The van der Waals surface area contributed by atoms with Gasteiger partial charge in [0.05, 0.1) is 6.04 Å². The second-order valence-electron chi connectivity index (χ2n) is 5.05. The van der Waals surface area contributed by atoms with Gasteiger partial charge in [0.1, 0.15) is 0 Å². The summed E-state index contributed by atoms with van der Waals surface area (Å²) in [6, 6.07) is 3.93. The van der Waals surface area contributed by atoms with E-state index in [1.807, 2.05) is 11.8 Å². The highest BCUT2D eigenvalue weighted by Crippen LogP contribution is 2.14. The van der Waals surface area contributed by atoms with Crippen molar-refractivity contribution < 1.29 is 4.79 Å². The molecule has 0 spiro atoms. The van der Waals surface area contributed by atoms with Crippen molar-refractivity contribution in [2.45, 2.75) is 32.4 Å². The minimum absolute atomic E-state index is 0.112. The molecule has 2 rings (SSSR count). The van der Waals surface area contributed by atoms with Gasteiger partial charge in [0.2, 0.25) is 5.91 Å². The molecule has 4 nitrogen and oxygen atoms in total. The van der Waals surface area contributed by atoms with E-state index in [0.717, 1.165) is 39.1 Å². The molecule has 0 saturated carbocycles. The number of nitrogens with two attached hydrogens (primary N) is 1. The van der Waals surface area contributed by atoms with Crippen molar-refractivity contribution in [1.29, 1.82) is 0 Å². The van der Waals surface area contributed by atoms with Gasteiger partial charge in [0.25, 0.3) is 0 Å². The second kappa shape index (κ2) is 7.03. The fraction of sp³-hybridized carbons (Fsp3) is 0.643. The third-order valence-corrected chi connectivity index (χ3v) is 4.48. The molecule has 1 atom stereocenters. The Morgan fingerprint density at radius 1 is 1.42 bits per heavy atom. The van der Waals surface area contributed by atoms with Crippen LogP contribution in [0.1, 0.15) is 24.6 Å². The zero-order chi connectivity index (χ0) is 13.7. The number of hydrogen-bond donors (Lipinski definition) is 1. The first kappa shape index (κ1) is 14.5. The molecule has 106 valence electrons. The van der Waals surface area contributed by atoms with E-state index in [4.69, 9.17) is 5.73 Å². The summed E-state index contributed by atoms with van der Waals surface area (Å²) in [6.07, 6.45) is 1.75. The lowest BCUT2D eigenvalue weighted by atomic mass is 10.2. The fourth-order valence-electron chi connectivity index (χ4n) is 2.38. The van der Waals surface area contributed by atoms with Gasteiger partial charge in [-0.05, 0) is 24.3 Å². The third kappa shape index (κ3) is 4.03. The molecule has 0 radical (unpaired) electrons. The van der Waals surface area contributed by atoms with Gasteiger partial charge in [-0.25, -0.2) is 0 Å². The molecule has 5 heteroatoms. The van der Waals surface area contributed by atoms with Crippen LogP contribution in [0.3, 0.4) is 0 Å². The van der Waals surface area contributed by atoms with Crippen molar-refractivity contribution >= 4 is 17.2 Å². The van der Waals surface area contributed by atoms with Gasteiger partial charge in [-0.1, -0.05) is 13.0 Å². The zero-order valence-electron chi connectivity index (χ0n) is 11.5. The van der Waals surface area contributed by atoms with Crippen molar-refractivity contribution in [3.63, 3.8) is 0 Å². The predicted molar refractivity (Wildman–Crippen MR) is 79.1 cm³/mol. The molecule has 1 fully saturated rings. The topological polar surface area (TPSA) is 49.6 Å². The number of amides is 1. The molecule has 2 N–H and O–H groups in total. The summed E-state index contributed by atoms with van der Waals surface area (Å²) in [5, 5.41) is 2.11. The molecule has 2 heterocycles. The van der Waals surface area contributed by atoms with Gasteiger partial charge in [0.15, 0.2) is 0 Å². The van der Waals surface area contributed by atoms with E-state index in [2.05, 4.69) is 22.4 Å². The number of hydrogen-bond acceptors (Lipinski definition) is 4. The highest BCUT2D eigenvalue weighted by molar-refractivity contribution is 7.09. The van der Waals surface area contributed by atoms with E-state index in [0.29, 0.717) is 6.42 Å². The van der Waals surface area contributed by atoms with Crippen molar-refractivity contribution in [2.75, 3.05) is 26.2 Å². The van der Waals surface area contributed by atoms with Gasteiger partial charge in [-0.2, -0.15) is 0 Å². The van der Waals surface area contributed by atoms with Crippen molar-refractivity contribution in [3.05, 3.63) is 22.4 Å². The van der Waals surface area contributed by atoms with E-state index in [1.165, 1.54) is 4.88 Å². The molecular formula is C14H23N3OS. The Kier molecular flexibility index (Phi) is 5.36. The Morgan fingerprint density at radius 2 is 2.26 bits per heavy atom. The summed E-state index contributed by atoms with van der Waals surface area (Å²) in [5.41, 5.74) is 5.84. The molecule has 0 bridgehead atoms. The summed E-state index contributed by atoms with van der Waals surface area (Å²) >= 11 is 1.80. The lowest BCUT2D eigenvalue weighted by Crippen LogP contribution is -2.44. The van der Waals surface area contributed by atoms with E-state index < -0.39 is 0 Å². The molecule has 1 aliphatic heterocycles. The van der Waals surface area contributed by atoms with Crippen LogP contribution in [0.2, 0.25) is 0 Å². The van der Waals surface area contributed by atoms with E-state index in [-0.39, 0.29) is 11.9 Å². The summed E-state index contributed by atoms with van der Waals surface area (Å²) < 4.78 is 0. The Morgan fingerprint density at radius 3 is 2.95 bits per heavy atom. The van der Waals surface area contributed by atoms with Gasteiger partial charge in [-0.3, -0.25) is 9.69 Å². The summed E-state index contributed by atoms with van der Waals surface area (Å²) in [7, 11) is 0.